The average Bonchev–Trinajstić information content (AvgIpc) is 2.54. The lowest BCUT2D eigenvalue weighted by Gasteiger charge is -2.11. The van der Waals surface area contributed by atoms with Gasteiger partial charge in [-0.1, -0.05) is 18.2 Å². The molecule has 122 valence electrons. The number of esters is 1. The van der Waals surface area contributed by atoms with E-state index in [1.165, 1.54) is 43.5 Å². The first kappa shape index (κ1) is 17.1. The normalized spacial score (nSPS) is 11.3. The number of benzene rings is 2. The van der Waals surface area contributed by atoms with Gasteiger partial charge in [-0.2, -0.15) is 0 Å². The van der Waals surface area contributed by atoms with Crippen LogP contribution in [-0.4, -0.2) is 21.5 Å². The Morgan fingerprint density at radius 1 is 1.17 bits per heavy atom. The van der Waals surface area contributed by atoms with Crippen molar-refractivity contribution in [3.63, 3.8) is 0 Å². The van der Waals surface area contributed by atoms with Crippen LogP contribution in [0.4, 0.5) is 4.39 Å². The molecule has 0 spiro atoms. The Hall–Kier alpha value is -2.25. The molecule has 2 aromatic rings. The minimum Gasteiger partial charge on any atom is -0.465 e. The molecule has 0 amide bonds. The van der Waals surface area contributed by atoms with Gasteiger partial charge < -0.3 is 4.74 Å². The molecular weight excluding hydrogens is 321 g/mol. The van der Waals surface area contributed by atoms with Crippen molar-refractivity contribution in [3.8, 4) is 0 Å². The Labute approximate surface area is 134 Å². The lowest BCUT2D eigenvalue weighted by Crippen LogP contribution is -2.24. The summed E-state index contributed by atoms with van der Waals surface area (Å²) in [6, 6.07) is 9.82. The van der Waals surface area contributed by atoms with Gasteiger partial charge in [0.1, 0.15) is 5.82 Å². The number of halogens is 1. The summed E-state index contributed by atoms with van der Waals surface area (Å²) in [5.74, 6) is -1.00. The molecule has 0 atom stereocenters. The second-order valence-electron chi connectivity index (χ2n) is 4.92. The van der Waals surface area contributed by atoms with Crippen molar-refractivity contribution < 1.29 is 22.3 Å². The van der Waals surface area contributed by atoms with Gasteiger partial charge in [0.2, 0.25) is 10.0 Å². The fraction of sp³-hybridized carbons (Fsp3) is 0.188. The number of ether oxygens (including phenoxy) is 1. The highest BCUT2D eigenvalue weighted by molar-refractivity contribution is 7.89. The molecule has 0 aliphatic heterocycles. The lowest BCUT2D eigenvalue weighted by atomic mass is 10.1. The molecule has 0 bridgehead atoms. The Balaban J connectivity index is 2.25. The van der Waals surface area contributed by atoms with Gasteiger partial charge in [-0.05, 0) is 42.3 Å². The van der Waals surface area contributed by atoms with E-state index < -0.39 is 21.8 Å². The molecule has 0 unspecified atom stereocenters. The van der Waals surface area contributed by atoms with E-state index in [4.69, 9.17) is 0 Å². The number of hydrogen-bond acceptors (Lipinski definition) is 4. The van der Waals surface area contributed by atoms with Crippen LogP contribution in [0, 0.1) is 12.7 Å². The van der Waals surface area contributed by atoms with E-state index in [9.17, 15) is 17.6 Å². The molecule has 5 nitrogen and oxygen atoms in total. The number of sulfonamides is 1. The lowest BCUT2D eigenvalue weighted by molar-refractivity contribution is 0.0600. The first-order valence-electron chi connectivity index (χ1n) is 6.76. The van der Waals surface area contributed by atoms with Gasteiger partial charge >= 0.3 is 5.97 Å². The zero-order chi connectivity index (χ0) is 17.0. The molecule has 0 aliphatic carbocycles. The van der Waals surface area contributed by atoms with E-state index >= 15 is 0 Å². The van der Waals surface area contributed by atoms with Gasteiger partial charge in [0.25, 0.3) is 0 Å². The van der Waals surface area contributed by atoms with Gasteiger partial charge in [0.15, 0.2) is 0 Å². The second kappa shape index (κ2) is 6.89. The predicted molar refractivity (Wildman–Crippen MR) is 82.9 cm³/mol. The van der Waals surface area contributed by atoms with E-state index in [1.54, 1.807) is 13.0 Å². The van der Waals surface area contributed by atoms with Crippen molar-refractivity contribution in [1.82, 2.24) is 4.72 Å². The monoisotopic (exact) mass is 337 g/mol. The number of aryl methyl sites for hydroxylation is 1. The number of nitrogens with one attached hydrogen (secondary N) is 1. The van der Waals surface area contributed by atoms with Gasteiger partial charge in [-0.15, -0.1) is 0 Å². The van der Waals surface area contributed by atoms with E-state index in [1.807, 2.05) is 0 Å². The van der Waals surface area contributed by atoms with Crippen molar-refractivity contribution in [2.75, 3.05) is 7.11 Å². The van der Waals surface area contributed by atoms with Crippen LogP contribution in [0.2, 0.25) is 0 Å². The molecule has 2 aromatic carbocycles. The first-order chi connectivity index (χ1) is 10.8. The van der Waals surface area contributed by atoms with E-state index in [-0.39, 0.29) is 17.0 Å². The van der Waals surface area contributed by atoms with Crippen LogP contribution in [0.1, 0.15) is 21.5 Å². The summed E-state index contributed by atoms with van der Waals surface area (Å²) >= 11 is 0. The summed E-state index contributed by atoms with van der Waals surface area (Å²) in [6.45, 7) is 1.65. The third-order valence-corrected chi connectivity index (χ3v) is 4.82. The Morgan fingerprint density at radius 2 is 1.83 bits per heavy atom. The topological polar surface area (TPSA) is 72.5 Å². The summed E-state index contributed by atoms with van der Waals surface area (Å²) in [5.41, 5.74) is 1.28. The molecule has 0 saturated carbocycles. The molecule has 1 N–H and O–H groups in total. The number of carbonyl (C=O) groups excluding carboxylic acids is 1. The number of hydrogen-bond donors (Lipinski definition) is 1. The minimum atomic E-state index is -3.82. The first-order valence-corrected chi connectivity index (χ1v) is 8.25. The highest BCUT2D eigenvalue weighted by Crippen LogP contribution is 2.18. The van der Waals surface area contributed by atoms with Crippen molar-refractivity contribution in [3.05, 3.63) is 65.0 Å². The van der Waals surface area contributed by atoms with E-state index in [0.717, 1.165) is 0 Å². The second-order valence-corrected chi connectivity index (χ2v) is 6.66. The molecule has 0 radical (unpaired) electrons. The fourth-order valence-corrected chi connectivity index (χ4v) is 3.28. The van der Waals surface area contributed by atoms with Crippen LogP contribution in [0.25, 0.3) is 0 Å². The molecule has 0 aromatic heterocycles. The minimum absolute atomic E-state index is 0.00233. The van der Waals surface area contributed by atoms with Crippen molar-refractivity contribution in [2.24, 2.45) is 0 Å². The van der Waals surface area contributed by atoms with Crippen molar-refractivity contribution >= 4 is 16.0 Å². The standard InChI is InChI=1S/C16H16FNO4S/c1-11-3-6-13(16(19)22-2)9-15(11)23(20,21)18-10-12-4-7-14(17)8-5-12/h3-9,18H,10H2,1-2H3. The quantitative estimate of drug-likeness (QED) is 0.851. The van der Waals surface area contributed by atoms with Gasteiger partial charge in [-0.3, -0.25) is 0 Å². The van der Waals surface area contributed by atoms with Crippen molar-refractivity contribution in [1.29, 1.82) is 0 Å². The molecule has 23 heavy (non-hydrogen) atoms. The largest absolute Gasteiger partial charge is 0.465 e. The highest BCUT2D eigenvalue weighted by Gasteiger charge is 2.19. The molecule has 0 fully saturated rings. The van der Waals surface area contributed by atoms with Crippen LogP contribution >= 0.6 is 0 Å². The molecule has 2 rings (SSSR count). The number of rotatable bonds is 5. The fourth-order valence-electron chi connectivity index (χ4n) is 1.99. The van der Waals surface area contributed by atoms with E-state index in [2.05, 4.69) is 9.46 Å². The van der Waals surface area contributed by atoms with Gasteiger partial charge in [0.05, 0.1) is 17.6 Å². The Bertz CT molecular complexity index is 816. The zero-order valence-corrected chi connectivity index (χ0v) is 13.5. The third kappa shape index (κ3) is 4.14. The zero-order valence-electron chi connectivity index (χ0n) is 12.7. The highest BCUT2D eigenvalue weighted by atomic mass is 32.2. The summed E-state index contributed by atoms with van der Waals surface area (Å²) in [7, 11) is -2.59. The summed E-state index contributed by atoms with van der Waals surface area (Å²) in [4.78, 5) is 11.5. The number of methoxy groups -OCH3 is 1. The van der Waals surface area contributed by atoms with Gasteiger partial charge in [0, 0.05) is 6.54 Å². The molecule has 0 saturated heterocycles. The SMILES string of the molecule is COC(=O)c1ccc(C)c(S(=O)(=O)NCc2ccc(F)cc2)c1. The van der Waals surface area contributed by atoms with Crippen LogP contribution < -0.4 is 4.72 Å². The predicted octanol–water partition coefficient (Wildman–Crippen LogP) is 2.40. The average molecular weight is 337 g/mol. The van der Waals surface area contributed by atoms with E-state index in [0.29, 0.717) is 11.1 Å². The smallest absolute Gasteiger partial charge is 0.337 e. The maximum absolute atomic E-state index is 12.9. The maximum atomic E-state index is 12.9. The Kier molecular flexibility index (Phi) is 5.12. The summed E-state index contributed by atoms with van der Waals surface area (Å²) in [6.07, 6.45) is 0. The molecular formula is C16H16FNO4S. The molecule has 0 aliphatic rings. The van der Waals surface area contributed by atoms with Crippen LogP contribution in [-0.2, 0) is 21.3 Å². The molecule has 0 heterocycles. The van der Waals surface area contributed by atoms with Crippen LogP contribution in [0.3, 0.4) is 0 Å². The van der Waals surface area contributed by atoms with Crippen molar-refractivity contribution in [2.45, 2.75) is 18.4 Å². The number of carbonyl (C=O) groups is 1. The van der Waals surface area contributed by atoms with Crippen LogP contribution in [0.5, 0.6) is 0 Å². The summed E-state index contributed by atoms with van der Waals surface area (Å²) < 4.78 is 44.7. The molecule has 7 heteroatoms. The van der Waals surface area contributed by atoms with Gasteiger partial charge in [-0.25, -0.2) is 22.3 Å². The maximum Gasteiger partial charge on any atom is 0.337 e. The van der Waals surface area contributed by atoms with Crippen LogP contribution in [0.15, 0.2) is 47.4 Å². The Morgan fingerprint density at radius 3 is 2.43 bits per heavy atom. The third-order valence-electron chi connectivity index (χ3n) is 3.28. The summed E-state index contributed by atoms with van der Waals surface area (Å²) in [5, 5.41) is 0.